The van der Waals surface area contributed by atoms with Crippen LogP contribution >= 0.6 is 23.2 Å². The van der Waals surface area contributed by atoms with Gasteiger partial charge in [-0.2, -0.15) is 0 Å². The normalized spacial score (nSPS) is 21.4. The highest BCUT2D eigenvalue weighted by Gasteiger charge is 2.45. The van der Waals surface area contributed by atoms with E-state index in [0.717, 1.165) is 24.8 Å². The highest BCUT2D eigenvalue weighted by molar-refractivity contribution is 6.43. The first-order valence-electron chi connectivity index (χ1n) is 9.64. The number of rotatable bonds is 2. The molecule has 1 atom stereocenters. The number of halogens is 2. The summed E-state index contributed by atoms with van der Waals surface area (Å²) in [5.74, 6) is 2.27. The second-order valence-corrected chi connectivity index (χ2v) is 8.90. The molecule has 1 spiro atoms. The lowest BCUT2D eigenvalue weighted by atomic mass is 9.56. The van der Waals surface area contributed by atoms with Crippen molar-refractivity contribution in [2.45, 2.75) is 46.5 Å². The van der Waals surface area contributed by atoms with E-state index in [9.17, 15) is 4.79 Å². The van der Waals surface area contributed by atoms with Gasteiger partial charge in [-0.25, -0.2) is 4.98 Å². The smallest absolute Gasteiger partial charge is 0.263 e. The standard InChI is InChI=1S/C21H25Cl2N3O/c1-13-7-8-21(13)9-11-25(12-10-21)19-14(2)20(27)26(15(3)24-19)17-6-4-5-16(22)18(17)23/h4-6,13H,7-12H2,1-3H3. The lowest BCUT2D eigenvalue weighted by Gasteiger charge is -2.53. The molecule has 0 radical (unpaired) electrons. The molecule has 2 fully saturated rings. The van der Waals surface area contributed by atoms with Gasteiger partial charge in [0.15, 0.2) is 0 Å². The highest BCUT2D eigenvalue weighted by atomic mass is 35.5. The summed E-state index contributed by atoms with van der Waals surface area (Å²) in [5, 5.41) is 0.801. The maximum atomic E-state index is 13.2. The number of piperidine rings is 1. The van der Waals surface area contributed by atoms with Crippen LogP contribution in [0.4, 0.5) is 5.82 Å². The van der Waals surface area contributed by atoms with Crippen LogP contribution in [0, 0.1) is 25.2 Å². The second-order valence-electron chi connectivity index (χ2n) is 8.11. The molecule has 1 aliphatic heterocycles. The van der Waals surface area contributed by atoms with Gasteiger partial charge in [0.25, 0.3) is 5.56 Å². The molecule has 2 aliphatic rings. The van der Waals surface area contributed by atoms with Gasteiger partial charge in [-0.05, 0) is 63.0 Å². The highest BCUT2D eigenvalue weighted by Crippen LogP contribution is 2.53. The third kappa shape index (κ3) is 2.98. The molecule has 1 aromatic heterocycles. The van der Waals surface area contributed by atoms with Crippen LogP contribution in [0.2, 0.25) is 10.0 Å². The van der Waals surface area contributed by atoms with E-state index in [4.69, 9.17) is 28.2 Å². The van der Waals surface area contributed by atoms with Gasteiger partial charge in [-0.15, -0.1) is 0 Å². The first-order valence-corrected chi connectivity index (χ1v) is 10.4. The summed E-state index contributed by atoms with van der Waals surface area (Å²) in [5.41, 5.74) is 1.69. The van der Waals surface area contributed by atoms with Crippen LogP contribution < -0.4 is 10.5 Å². The monoisotopic (exact) mass is 405 g/mol. The van der Waals surface area contributed by atoms with Crippen LogP contribution in [-0.4, -0.2) is 22.6 Å². The molecule has 2 heterocycles. The van der Waals surface area contributed by atoms with E-state index in [1.807, 2.05) is 13.8 Å². The van der Waals surface area contributed by atoms with E-state index < -0.39 is 0 Å². The first kappa shape index (κ1) is 18.8. The van der Waals surface area contributed by atoms with Gasteiger partial charge in [-0.1, -0.05) is 36.2 Å². The molecular weight excluding hydrogens is 381 g/mol. The molecule has 1 aliphatic carbocycles. The van der Waals surface area contributed by atoms with Crippen molar-refractivity contribution in [1.82, 2.24) is 9.55 Å². The summed E-state index contributed by atoms with van der Waals surface area (Å²) in [6.45, 7) is 8.02. The van der Waals surface area contributed by atoms with Gasteiger partial charge in [0.05, 0.1) is 21.3 Å². The molecule has 0 N–H and O–H groups in total. The topological polar surface area (TPSA) is 38.1 Å². The molecule has 1 unspecified atom stereocenters. The van der Waals surface area contributed by atoms with Crippen LogP contribution in [0.1, 0.15) is 44.0 Å². The van der Waals surface area contributed by atoms with Gasteiger partial charge in [0, 0.05) is 13.1 Å². The Balaban J connectivity index is 1.69. The fourth-order valence-electron chi connectivity index (χ4n) is 4.70. The summed E-state index contributed by atoms with van der Waals surface area (Å²) >= 11 is 12.5. The van der Waals surface area contributed by atoms with E-state index in [-0.39, 0.29) is 5.56 Å². The molecule has 1 saturated heterocycles. The summed E-state index contributed by atoms with van der Waals surface area (Å²) < 4.78 is 1.56. The molecule has 144 valence electrons. The number of hydrogen-bond acceptors (Lipinski definition) is 3. The summed E-state index contributed by atoms with van der Waals surface area (Å²) in [6.07, 6.45) is 5.09. The van der Waals surface area contributed by atoms with E-state index >= 15 is 0 Å². The minimum absolute atomic E-state index is 0.0843. The minimum atomic E-state index is -0.0843. The number of anilines is 1. The van der Waals surface area contributed by atoms with Crippen molar-refractivity contribution >= 4 is 29.0 Å². The van der Waals surface area contributed by atoms with E-state index in [2.05, 4.69) is 11.8 Å². The van der Waals surface area contributed by atoms with Crippen molar-refractivity contribution in [3.05, 3.63) is 50.0 Å². The Labute approximate surface area is 170 Å². The molecule has 27 heavy (non-hydrogen) atoms. The Morgan fingerprint density at radius 3 is 2.44 bits per heavy atom. The number of nitrogens with zero attached hydrogens (tertiary/aromatic N) is 3. The Hall–Kier alpha value is -1.52. The van der Waals surface area contributed by atoms with E-state index in [0.29, 0.717) is 32.5 Å². The number of aromatic nitrogens is 2. The van der Waals surface area contributed by atoms with Crippen molar-refractivity contribution in [3.8, 4) is 5.69 Å². The van der Waals surface area contributed by atoms with Gasteiger partial charge in [0.2, 0.25) is 0 Å². The first-order chi connectivity index (χ1) is 12.8. The van der Waals surface area contributed by atoms with E-state index in [1.165, 1.54) is 25.7 Å². The summed E-state index contributed by atoms with van der Waals surface area (Å²) in [4.78, 5) is 20.2. The Morgan fingerprint density at radius 2 is 1.85 bits per heavy atom. The van der Waals surface area contributed by atoms with Gasteiger partial charge < -0.3 is 4.90 Å². The maximum absolute atomic E-state index is 13.2. The third-order valence-corrected chi connectivity index (χ3v) is 7.61. The fourth-order valence-corrected chi connectivity index (χ4v) is 5.08. The predicted molar refractivity (Wildman–Crippen MR) is 112 cm³/mol. The number of benzene rings is 1. The zero-order chi connectivity index (χ0) is 19.3. The van der Waals surface area contributed by atoms with Crippen LogP contribution in [0.25, 0.3) is 5.69 Å². The van der Waals surface area contributed by atoms with Crippen LogP contribution in [0.5, 0.6) is 0 Å². The Bertz CT molecular complexity index is 945. The predicted octanol–water partition coefficient (Wildman–Crippen LogP) is 5.17. The molecular formula is C21H25Cl2N3O. The number of aryl methyl sites for hydroxylation is 1. The van der Waals surface area contributed by atoms with Crippen molar-refractivity contribution in [2.75, 3.05) is 18.0 Å². The van der Waals surface area contributed by atoms with Crippen molar-refractivity contribution in [2.24, 2.45) is 11.3 Å². The van der Waals surface area contributed by atoms with Gasteiger partial charge in [0.1, 0.15) is 11.6 Å². The maximum Gasteiger partial charge on any atom is 0.263 e. The average molecular weight is 406 g/mol. The average Bonchev–Trinajstić information content (AvgIpc) is 2.67. The van der Waals surface area contributed by atoms with Gasteiger partial charge in [-0.3, -0.25) is 9.36 Å². The number of hydrogen-bond donors (Lipinski definition) is 0. The molecule has 2 aromatic rings. The molecule has 0 bridgehead atoms. The third-order valence-electron chi connectivity index (χ3n) is 6.80. The summed E-state index contributed by atoms with van der Waals surface area (Å²) in [7, 11) is 0. The summed E-state index contributed by atoms with van der Waals surface area (Å²) in [6, 6.07) is 5.31. The molecule has 0 amide bonds. The minimum Gasteiger partial charge on any atom is -0.356 e. The van der Waals surface area contributed by atoms with Crippen LogP contribution in [-0.2, 0) is 0 Å². The second kappa shape index (κ2) is 6.82. The van der Waals surface area contributed by atoms with Crippen LogP contribution in [0.3, 0.4) is 0 Å². The lowest BCUT2D eigenvalue weighted by Crippen LogP contribution is -2.49. The molecule has 6 heteroatoms. The van der Waals surface area contributed by atoms with Gasteiger partial charge >= 0.3 is 0 Å². The van der Waals surface area contributed by atoms with Crippen LogP contribution in [0.15, 0.2) is 23.0 Å². The fraction of sp³-hybridized carbons (Fsp3) is 0.524. The molecule has 1 saturated carbocycles. The molecule has 1 aromatic carbocycles. The van der Waals surface area contributed by atoms with Crippen molar-refractivity contribution in [1.29, 1.82) is 0 Å². The van der Waals surface area contributed by atoms with Crippen molar-refractivity contribution in [3.63, 3.8) is 0 Å². The van der Waals surface area contributed by atoms with Crippen molar-refractivity contribution < 1.29 is 0 Å². The lowest BCUT2D eigenvalue weighted by molar-refractivity contribution is 0.0163. The zero-order valence-electron chi connectivity index (χ0n) is 16.1. The molecule has 4 nitrogen and oxygen atoms in total. The Kier molecular flexibility index (Phi) is 4.76. The largest absolute Gasteiger partial charge is 0.356 e. The zero-order valence-corrected chi connectivity index (χ0v) is 17.6. The SMILES string of the molecule is Cc1c(N2CCC3(CCC3C)CC2)nc(C)n(-c2cccc(Cl)c2Cl)c1=O. The van der Waals surface area contributed by atoms with E-state index in [1.54, 1.807) is 22.8 Å². The quantitative estimate of drug-likeness (QED) is 0.691. The molecule has 4 rings (SSSR count). The Morgan fingerprint density at radius 1 is 1.15 bits per heavy atom.